The van der Waals surface area contributed by atoms with E-state index in [9.17, 15) is 0 Å². The molecular weight excluding hydrogens is 607 g/mol. The fourth-order valence-electron chi connectivity index (χ4n) is 7.41. The van der Waals surface area contributed by atoms with Crippen LogP contribution < -0.4 is 0 Å². The Morgan fingerprint density at radius 3 is 1.34 bits per heavy atom. The van der Waals surface area contributed by atoms with E-state index < -0.39 is 0 Å². The lowest BCUT2D eigenvalue weighted by atomic mass is 9.74. The third-order valence-electron chi connectivity index (χ3n) is 10.0. The van der Waals surface area contributed by atoms with E-state index in [2.05, 4.69) is 128 Å². The molecule has 50 heavy (non-hydrogen) atoms. The molecule has 0 N–H and O–H groups in total. The predicted octanol–water partition coefficient (Wildman–Crippen LogP) is 11.5. The van der Waals surface area contributed by atoms with Crippen molar-refractivity contribution in [1.29, 1.82) is 0 Å². The highest BCUT2D eigenvalue weighted by molar-refractivity contribution is 5.86. The summed E-state index contributed by atoms with van der Waals surface area (Å²) in [5, 5.41) is 0. The second kappa shape index (κ2) is 12.2. The molecule has 8 aromatic rings. The molecule has 0 fully saturated rings. The standard InChI is InChI=1S/C47H33N3/c1-47(39-23-9-4-10-24-39)42-26-12-11-25-40(42)41-28-27-37(31-43(41)47)35-20-13-19-34(29-35)36-21-14-22-38(30-36)46-49-44(32-15-5-2-6-16-32)48-45(50-46)33-17-7-3-8-18-33/h2-31H,1H3. The maximum absolute atomic E-state index is 4.97. The Labute approximate surface area is 292 Å². The van der Waals surface area contributed by atoms with Gasteiger partial charge in [-0.15, -0.1) is 0 Å². The van der Waals surface area contributed by atoms with Crippen molar-refractivity contribution in [3.05, 3.63) is 199 Å². The summed E-state index contributed by atoms with van der Waals surface area (Å²) in [6, 6.07) is 64.3. The molecule has 0 spiro atoms. The fraction of sp³-hybridized carbons (Fsp3) is 0.0426. The van der Waals surface area contributed by atoms with Crippen molar-refractivity contribution in [2.24, 2.45) is 0 Å². The topological polar surface area (TPSA) is 38.7 Å². The number of aromatic nitrogens is 3. The summed E-state index contributed by atoms with van der Waals surface area (Å²) in [6.45, 7) is 2.37. The first kappa shape index (κ1) is 29.7. The molecule has 1 aliphatic carbocycles. The normalized spacial score (nSPS) is 14.6. The lowest BCUT2D eigenvalue weighted by Crippen LogP contribution is -2.22. The van der Waals surface area contributed by atoms with Gasteiger partial charge in [-0.2, -0.15) is 0 Å². The highest BCUT2D eigenvalue weighted by atomic mass is 15.0. The zero-order chi connectivity index (χ0) is 33.5. The average Bonchev–Trinajstić information content (AvgIpc) is 3.47. The smallest absolute Gasteiger partial charge is 0.164 e. The monoisotopic (exact) mass is 639 g/mol. The van der Waals surface area contributed by atoms with Crippen LogP contribution in [0.4, 0.5) is 0 Å². The summed E-state index contributed by atoms with van der Waals surface area (Å²) in [6.07, 6.45) is 0. The van der Waals surface area contributed by atoms with Gasteiger partial charge in [-0.05, 0) is 75.2 Å². The summed E-state index contributed by atoms with van der Waals surface area (Å²) in [5.41, 5.74) is 13.9. The molecule has 0 saturated carbocycles. The largest absolute Gasteiger partial charge is 0.208 e. The van der Waals surface area contributed by atoms with Gasteiger partial charge < -0.3 is 0 Å². The summed E-state index contributed by atoms with van der Waals surface area (Å²) < 4.78 is 0. The van der Waals surface area contributed by atoms with Crippen LogP contribution in [-0.4, -0.2) is 15.0 Å². The van der Waals surface area contributed by atoms with Gasteiger partial charge in [-0.25, -0.2) is 15.0 Å². The minimum Gasteiger partial charge on any atom is -0.208 e. The van der Waals surface area contributed by atoms with E-state index in [0.717, 1.165) is 27.8 Å². The maximum Gasteiger partial charge on any atom is 0.164 e. The Balaban J connectivity index is 1.11. The lowest BCUT2D eigenvalue weighted by Gasteiger charge is -2.28. The molecule has 0 bridgehead atoms. The lowest BCUT2D eigenvalue weighted by molar-refractivity contribution is 0.714. The molecule has 3 heteroatoms. The van der Waals surface area contributed by atoms with Crippen LogP contribution in [0.25, 0.3) is 67.5 Å². The van der Waals surface area contributed by atoms with Crippen LogP contribution in [0.1, 0.15) is 23.6 Å². The molecule has 1 aromatic heterocycles. The Bertz CT molecular complexity index is 2430. The minimum absolute atomic E-state index is 0.239. The molecule has 236 valence electrons. The zero-order valence-corrected chi connectivity index (χ0v) is 27.7. The first-order valence-electron chi connectivity index (χ1n) is 17.0. The summed E-state index contributed by atoms with van der Waals surface area (Å²) in [7, 11) is 0. The predicted molar refractivity (Wildman–Crippen MR) is 204 cm³/mol. The molecule has 0 radical (unpaired) electrons. The van der Waals surface area contributed by atoms with E-state index in [-0.39, 0.29) is 5.41 Å². The minimum atomic E-state index is -0.239. The van der Waals surface area contributed by atoms with Gasteiger partial charge in [0.1, 0.15) is 0 Å². The number of hydrogen-bond donors (Lipinski definition) is 0. The van der Waals surface area contributed by atoms with Gasteiger partial charge in [0.2, 0.25) is 0 Å². The van der Waals surface area contributed by atoms with E-state index >= 15 is 0 Å². The number of hydrogen-bond acceptors (Lipinski definition) is 3. The van der Waals surface area contributed by atoms with Crippen molar-refractivity contribution < 1.29 is 0 Å². The van der Waals surface area contributed by atoms with Crippen molar-refractivity contribution in [3.63, 3.8) is 0 Å². The van der Waals surface area contributed by atoms with Crippen LogP contribution in [0.15, 0.2) is 182 Å². The van der Waals surface area contributed by atoms with Gasteiger partial charge in [0.15, 0.2) is 17.5 Å². The first-order valence-corrected chi connectivity index (χ1v) is 17.0. The van der Waals surface area contributed by atoms with Gasteiger partial charge in [-0.1, -0.05) is 164 Å². The summed E-state index contributed by atoms with van der Waals surface area (Å²) in [5.74, 6) is 1.96. The molecule has 9 rings (SSSR count). The third kappa shape index (κ3) is 5.12. The number of benzene rings is 7. The second-order valence-corrected chi connectivity index (χ2v) is 13.0. The SMILES string of the molecule is CC1(c2ccccc2)c2ccccc2-c2ccc(-c3cccc(-c4cccc(-c5nc(-c6ccccc6)nc(-c6ccccc6)n5)c4)c3)cc21. The van der Waals surface area contributed by atoms with Gasteiger partial charge >= 0.3 is 0 Å². The zero-order valence-electron chi connectivity index (χ0n) is 27.7. The molecule has 7 aromatic carbocycles. The second-order valence-electron chi connectivity index (χ2n) is 13.0. The first-order chi connectivity index (χ1) is 24.6. The van der Waals surface area contributed by atoms with Crippen molar-refractivity contribution in [2.75, 3.05) is 0 Å². The van der Waals surface area contributed by atoms with E-state index in [1.165, 1.54) is 38.9 Å². The molecule has 0 aliphatic heterocycles. The Morgan fingerprint density at radius 2 is 0.740 bits per heavy atom. The molecule has 1 unspecified atom stereocenters. The van der Waals surface area contributed by atoms with Crippen LogP contribution in [0.2, 0.25) is 0 Å². The number of rotatable bonds is 6. The van der Waals surface area contributed by atoms with E-state index in [4.69, 9.17) is 15.0 Å². The van der Waals surface area contributed by atoms with Gasteiger partial charge in [-0.3, -0.25) is 0 Å². The highest BCUT2D eigenvalue weighted by Gasteiger charge is 2.40. The maximum atomic E-state index is 4.97. The Kier molecular flexibility index (Phi) is 7.25. The number of fused-ring (bicyclic) bond motifs is 3. The number of nitrogens with zero attached hydrogens (tertiary/aromatic N) is 3. The van der Waals surface area contributed by atoms with E-state index in [0.29, 0.717) is 17.5 Å². The molecule has 1 aliphatic rings. The van der Waals surface area contributed by atoms with Crippen LogP contribution in [0.3, 0.4) is 0 Å². The summed E-state index contributed by atoms with van der Waals surface area (Å²) in [4.78, 5) is 14.8. The van der Waals surface area contributed by atoms with Gasteiger partial charge in [0.25, 0.3) is 0 Å². The Morgan fingerprint density at radius 1 is 0.320 bits per heavy atom. The quantitative estimate of drug-likeness (QED) is 0.182. The van der Waals surface area contributed by atoms with Crippen molar-refractivity contribution in [1.82, 2.24) is 15.0 Å². The van der Waals surface area contributed by atoms with Crippen molar-refractivity contribution >= 4 is 0 Å². The van der Waals surface area contributed by atoms with Gasteiger partial charge in [0, 0.05) is 22.1 Å². The fourth-order valence-corrected chi connectivity index (χ4v) is 7.41. The summed E-state index contributed by atoms with van der Waals surface area (Å²) >= 11 is 0. The van der Waals surface area contributed by atoms with Crippen LogP contribution in [0.5, 0.6) is 0 Å². The molecule has 3 nitrogen and oxygen atoms in total. The highest BCUT2D eigenvalue weighted by Crippen LogP contribution is 2.53. The van der Waals surface area contributed by atoms with Crippen LogP contribution in [0, 0.1) is 0 Å². The molecule has 0 saturated heterocycles. The molecule has 1 heterocycles. The average molecular weight is 640 g/mol. The van der Waals surface area contributed by atoms with Crippen LogP contribution >= 0.6 is 0 Å². The van der Waals surface area contributed by atoms with E-state index in [1.807, 2.05) is 60.7 Å². The van der Waals surface area contributed by atoms with Crippen molar-refractivity contribution in [3.8, 4) is 67.5 Å². The van der Waals surface area contributed by atoms with E-state index in [1.54, 1.807) is 0 Å². The van der Waals surface area contributed by atoms with Crippen LogP contribution in [-0.2, 0) is 5.41 Å². The van der Waals surface area contributed by atoms with Gasteiger partial charge in [0.05, 0.1) is 0 Å². The molecular formula is C47H33N3. The Hall–Kier alpha value is -6.45. The third-order valence-corrected chi connectivity index (χ3v) is 10.0. The van der Waals surface area contributed by atoms with Crippen molar-refractivity contribution in [2.45, 2.75) is 12.3 Å². The molecule has 0 amide bonds. The molecule has 1 atom stereocenters.